The molecule has 0 bridgehead atoms. The molecule has 0 atom stereocenters. The molecule has 0 saturated carbocycles. The first-order valence-electron chi connectivity index (χ1n) is 6.65. The second kappa shape index (κ2) is 4.44. The molecule has 0 radical (unpaired) electrons. The van der Waals surface area contributed by atoms with Gasteiger partial charge >= 0.3 is 0 Å². The third-order valence-corrected chi connectivity index (χ3v) is 4.53. The Hall–Kier alpha value is -1.16. The Morgan fingerprint density at radius 1 is 1.32 bits per heavy atom. The van der Waals surface area contributed by atoms with E-state index in [9.17, 15) is 4.79 Å². The molecule has 0 unspecified atom stereocenters. The van der Waals surface area contributed by atoms with Crippen LogP contribution in [0.5, 0.6) is 0 Å². The number of aromatic nitrogens is 2. The Balaban J connectivity index is 2.22. The van der Waals surface area contributed by atoms with Gasteiger partial charge in [0, 0.05) is 17.4 Å². The molecule has 1 aliphatic rings. The van der Waals surface area contributed by atoms with Crippen molar-refractivity contribution in [2.24, 2.45) is 5.41 Å². The quantitative estimate of drug-likeness (QED) is 0.744. The largest absolute Gasteiger partial charge is 0.296 e. The van der Waals surface area contributed by atoms with Crippen molar-refractivity contribution >= 4 is 26.8 Å². The minimum atomic E-state index is 0.102. The van der Waals surface area contributed by atoms with Crippen LogP contribution in [0.1, 0.15) is 32.5 Å². The molecule has 0 saturated heterocycles. The lowest BCUT2D eigenvalue weighted by molar-refractivity contribution is 0.307. The highest BCUT2D eigenvalue weighted by Gasteiger charge is 2.24. The fourth-order valence-electron chi connectivity index (χ4n) is 2.65. The number of hydrogen-bond donors (Lipinski definition) is 0. The van der Waals surface area contributed by atoms with Crippen molar-refractivity contribution in [2.45, 2.75) is 39.7 Å². The summed E-state index contributed by atoms with van der Waals surface area (Å²) in [5, 5.41) is 0.714. The van der Waals surface area contributed by atoms with Crippen LogP contribution in [0.15, 0.2) is 27.5 Å². The molecule has 1 aromatic heterocycles. The molecular formula is C15H17BrN2O. The zero-order valence-corrected chi connectivity index (χ0v) is 12.8. The van der Waals surface area contributed by atoms with Gasteiger partial charge in [0.05, 0.1) is 10.9 Å². The van der Waals surface area contributed by atoms with E-state index in [2.05, 4.69) is 29.8 Å². The first-order chi connectivity index (χ1) is 8.96. The minimum absolute atomic E-state index is 0.102. The van der Waals surface area contributed by atoms with Crippen LogP contribution in [-0.2, 0) is 13.0 Å². The van der Waals surface area contributed by atoms with Crippen molar-refractivity contribution in [3.8, 4) is 0 Å². The van der Waals surface area contributed by atoms with E-state index in [1.807, 2.05) is 22.8 Å². The second-order valence-corrected chi connectivity index (χ2v) is 6.98. The smallest absolute Gasteiger partial charge is 0.261 e. The van der Waals surface area contributed by atoms with Crippen LogP contribution in [0, 0.1) is 5.41 Å². The molecule has 1 aromatic carbocycles. The molecule has 0 amide bonds. The normalized spacial score (nSPS) is 18.1. The lowest BCUT2D eigenvalue weighted by Gasteiger charge is -2.20. The Bertz CT molecular complexity index is 703. The van der Waals surface area contributed by atoms with Crippen LogP contribution in [0.3, 0.4) is 0 Å². The number of fused-ring (bicyclic) bond motifs is 2. The van der Waals surface area contributed by atoms with Gasteiger partial charge in [-0.15, -0.1) is 0 Å². The lowest BCUT2D eigenvalue weighted by Crippen LogP contribution is -2.24. The number of rotatable bonds is 0. The zero-order valence-electron chi connectivity index (χ0n) is 11.2. The molecular weight excluding hydrogens is 304 g/mol. The molecule has 2 heterocycles. The lowest BCUT2D eigenvalue weighted by atomic mass is 9.85. The van der Waals surface area contributed by atoms with Crippen LogP contribution in [-0.4, -0.2) is 9.55 Å². The van der Waals surface area contributed by atoms with E-state index >= 15 is 0 Å². The van der Waals surface area contributed by atoms with Gasteiger partial charge in [-0.05, 0) is 36.5 Å². The van der Waals surface area contributed by atoms with E-state index in [0.717, 1.165) is 41.6 Å². The average Bonchev–Trinajstić information content (AvgIpc) is 2.49. The van der Waals surface area contributed by atoms with Crippen molar-refractivity contribution in [2.75, 3.05) is 0 Å². The molecule has 3 rings (SSSR count). The van der Waals surface area contributed by atoms with E-state index in [1.54, 1.807) is 0 Å². The van der Waals surface area contributed by atoms with Gasteiger partial charge in [-0.3, -0.25) is 9.36 Å². The van der Waals surface area contributed by atoms with Gasteiger partial charge < -0.3 is 0 Å². The first-order valence-corrected chi connectivity index (χ1v) is 7.45. The molecule has 0 spiro atoms. The average molecular weight is 321 g/mol. The topological polar surface area (TPSA) is 34.9 Å². The van der Waals surface area contributed by atoms with E-state index < -0.39 is 0 Å². The maximum absolute atomic E-state index is 12.6. The van der Waals surface area contributed by atoms with Gasteiger partial charge in [-0.1, -0.05) is 29.8 Å². The minimum Gasteiger partial charge on any atom is -0.296 e. The molecule has 0 N–H and O–H groups in total. The molecule has 19 heavy (non-hydrogen) atoms. The highest BCUT2D eigenvalue weighted by Crippen LogP contribution is 2.30. The molecule has 2 aromatic rings. The molecule has 100 valence electrons. The van der Waals surface area contributed by atoms with Crippen molar-refractivity contribution < 1.29 is 0 Å². The van der Waals surface area contributed by atoms with Gasteiger partial charge in [-0.2, -0.15) is 0 Å². The molecule has 4 heteroatoms. The standard InChI is InChI=1S/C15H17BrN2O/c1-15(2)6-5-13-17-12-9-10(16)3-4-11(12)14(19)18(13)8-7-15/h3-4,9H,5-8H2,1-2H3. The summed E-state index contributed by atoms with van der Waals surface area (Å²) in [4.78, 5) is 17.3. The summed E-state index contributed by atoms with van der Waals surface area (Å²) >= 11 is 3.44. The summed E-state index contributed by atoms with van der Waals surface area (Å²) in [6, 6.07) is 5.69. The third kappa shape index (κ3) is 2.34. The Morgan fingerprint density at radius 3 is 2.89 bits per heavy atom. The summed E-state index contributed by atoms with van der Waals surface area (Å²) in [6.45, 7) is 5.31. The summed E-state index contributed by atoms with van der Waals surface area (Å²) < 4.78 is 2.83. The predicted molar refractivity (Wildman–Crippen MR) is 80.4 cm³/mol. The fraction of sp³-hybridized carbons (Fsp3) is 0.467. The highest BCUT2D eigenvalue weighted by atomic mass is 79.9. The summed E-state index contributed by atoms with van der Waals surface area (Å²) in [5.41, 5.74) is 1.18. The number of benzene rings is 1. The van der Waals surface area contributed by atoms with E-state index in [4.69, 9.17) is 4.98 Å². The van der Waals surface area contributed by atoms with Crippen molar-refractivity contribution in [1.82, 2.24) is 9.55 Å². The molecule has 3 nitrogen and oxygen atoms in total. The number of aryl methyl sites for hydroxylation is 1. The molecule has 0 fully saturated rings. The Labute approximate surface area is 120 Å². The third-order valence-electron chi connectivity index (χ3n) is 4.03. The zero-order chi connectivity index (χ0) is 13.6. The second-order valence-electron chi connectivity index (χ2n) is 6.06. The molecule has 0 aliphatic carbocycles. The van der Waals surface area contributed by atoms with Crippen LogP contribution >= 0.6 is 15.9 Å². The maximum atomic E-state index is 12.6. The summed E-state index contributed by atoms with van der Waals surface area (Å²) in [7, 11) is 0. The number of hydrogen-bond acceptors (Lipinski definition) is 2. The van der Waals surface area contributed by atoms with Gasteiger partial charge in [-0.25, -0.2) is 4.98 Å². The van der Waals surface area contributed by atoms with E-state index in [0.29, 0.717) is 5.39 Å². The fourth-order valence-corrected chi connectivity index (χ4v) is 3.00. The van der Waals surface area contributed by atoms with E-state index in [-0.39, 0.29) is 11.0 Å². The number of nitrogens with zero attached hydrogens (tertiary/aromatic N) is 2. The summed E-state index contributed by atoms with van der Waals surface area (Å²) in [5.74, 6) is 0.932. The van der Waals surface area contributed by atoms with Crippen LogP contribution < -0.4 is 5.56 Å². The Morgan fingerprint density at radius 2 is 2.11 bits per heavy atom. The molecule has 1 aliphatic heterocycles. The van der Waals surface area contributed by atoms with Crippen molar-refractivity contribution in [1.29, 1.82) is 0 Å². The predicted octanol–water partition coefficient (Wildman–Crippen LogP) is 3.52. The first kappa shape index (κ1) is 12.9. The van der Waals surface area contributed by atoms with Gasteiger partial charge in [0.1, 0.15) is 5.82 Å². The monoisotopic (exact) mass is 320 g/mol. The van der Waals surface area contributed by atoms with Crippen LogP contribution in [0.25, 0.3) is 10.9 Å². The van der Waals surface area contributed by atoms with Crippen LogP contribution in [0.4, 0.5) is 0 Å². The van der Waals surface area contributed by atoms with Crippen LogP contribution in [0.2, 0.25) is 0 Å². The van der Waals surface area contributed by atoms with E-state index in [1.165, 1.54) is 0 Å². The van der Waals surface area contributed by atoms with Gasteiger partial charge in [0.2, 0.25) is 0 Å². The maximum Gasteiger partial charge on any atom is 0.261 e. The van der Waals surface area contributed by atoms with Gasteiger partial charge in [0.15, 0.2) is 0 Å². The SMILES string of the molecule is CC1(C)CCc2nc3cc(Br)ccc3c(=O)n2CC1. The number of halogens is 1. The Kier molecular flexibility index (Phi) is 3.01. The van der Waals surface area contributed by atoms with Crippen molar-refractivity contribution in [3.05, 3.63) is 38.9 Å². The highest BCUT2D eigenvalue weighted by molar-refractivity contribution is 9.10. The van der Waals surface area contributed by atoms with Gasteiger partial charge in [0.25, 0.3) is 5.56 Å². The summed E-state index contributed by atoms with van der Waals surface area (Å²) in [6.07, 6.45) is 2.99. The van der Waals surface area contributed by atoms with Crippen molar-refractivity contribution in [3.63, 3.8) is 0 Å².